The normalized spacial score (nSPS) is 12.7. The van der Waals surface area contributed by atoms with E-state index >= 15 is 0 Å². The second-order valence-electron chi connectivity index (χ2n) is 14.0. The van der Waals surface area contributed by atoms with Crippen molar-refractivity contribution in [2.75, 3.05) is 23.0 Å². The first-order valence-corrected chi connectivity index (χ1v) is 23.5. The van der Waals surface area contributed by atoms with Crippen molar-refractivity contribution in [2.24, 2.45) is 0 Å². The second kappa shape index (κ2) is 20.2. The molecule has 52 heavy (non-hydrogen) atoms. The first kappa shape index (κ1) is 40.7. The Labute approximate surface area is 329 Å². The number of phenolic OH excluding ortho intramolecular Hbond substituents is 4. The van der Waals surface area contributed by atoms with Crippen molar-refractivity contribution in [1.82, 2.24) is 0 Å². The molecule has 0 saturated heterocycles. The SMILES string of the molecule is CCCSCc1cc2c(O)c(c1)Cc1cc(CSCCC)cc(c1O)Cc1cc(CSCCC)cc(c1O)Cc1cc(CSCCC)cc(c1O)C2. The van der Waals surface area contributed by atoms with E-state index in [0.717, 1.165) is 138 Å². The number of hydrogen-bond donors (Lipinski definition) is 4. The van der Waals surface area contributed by atoms with Gasteiger partial charge < -0.3 is 20.4 Å². The van der Waals surface area contributed by atoms with Gasteiger partial charge in [0.05, 0.1) is 0 Å². The van der Waals surface area contributed by atoms with Crippen molar-refractivity contribution in [2.45, 2.75) is 102 Å². The topological polar surface area (TPSA) is 80.9 Å². The van der Waals surface area contributed by atoms with Gasteiger partial charge in [-0.15, -0.1) is 0 Å². The van der Waals surface area contributed by atoms with Crippen LogP contribution < -0.4 is 0 Å². The molecule has 4 N–H and O–H groups in total. The van der Waals surface area contributed by atoms with Crippen molar-refractivity contribution in [3.63, 3.8) is 0 Å². The van der Waals surface area contributed by atoms with Crippen LogP contribution in [-0.2, 0) is 48.7 Å². The van der Waals surface area contributed by atoms with Gasteiger partial charge in [0, 0.05) is 48.7 Å². The molecule has 0 aromatic heterocycles. The lowest BCUT2D eigenvalue weighted by Crippen LogP contribution is -2.04. The lowest BCUT2D eigenvalue weighted by molar-refractivity contribution is 0.450. The zero-order valence-electron chi connectivity index (χ0n) is 31.4. The van der Waals surface area contributed by atoms with Crippen LogP contribution in [0.25, 0.3) is 0 Å². The average molecular weight is 777 g/mol. The first-order valence-electron chi connectivity index (χ1n) is 18.9. The van der Waals surface area contributed by atoms with E-state index in [4.69, 9.17) is 0 Å². The molecule has 0 fully saturated rings. The van der Waals surface area contributed by atoms with Crippen LogP contribution in [0.3, 0.4) is 0 Å². The average Bonchev–Trinajstić information content (AvgIpc) is 3.12. The predicted molar refractivity (Wildman–Crippen MR) is 229 cm³/mol. The standard InChI is InChI=1S/C44H56O4S4/c1-5-9-49-25-29-13-33-21-35-15-30(26-50-10-6-2)17-37(42(35)46)23-39-19-32(28-52-12-8-4)20-40(44(39)48)24-38-18-31(27-51-11-7-3)16-36(43(38)47)22-34(14-29)41(33)45/h13-20,45-48H,5-12,21-28H2,1-4H3. The number of thioether (sulfide) groups is 4. The minimum Gasteiger partial charge on any atom is -0.507 e. The van der Waals surface area contributed by atoms with Crippen molar-refractivity contribution in [3.05, 3.63) is 115 Å². The Balaban J connectivity index is 1.73. The molecule has 0 atom stereocenters. The van der Waals surface area contributed by atoms with E-state index in [0.29, 0.717) is 25.7 Å². The van der Waals surface area contributed by atoms with E-state index in [9.17, 15) is 20.4 Å². The molecule has 4 aromatic rings. The summed E-state index contributed by atoms with van der Waals surface area (Å²) in [6.07, 6.45) is 5.91. The Hall–Kier alpha value is -2.52. The molecule has 280 valence electrons. The highest BCUT2D eigenvalue weighted by atomic mass is 32.2. The highest BCUT2D eigenvalue weighted by Gasteiger charge is 2.22. The fraction of sp³-hybridized carbons (Fsp3) is 0.455. The van der Waals surface area contributed by atoms with Crippen molar-refractivity contribution in [1.29, 1.82) is 0 Å². The molecule has 0 spiro atoms. The molecule has 5 rings (SSSR count). The van der Waals surface area contributed by atoms with Crippen LogP contribution in [-0.4, -0.2) is 43.4 Å². The van der Waals surface area contributed by atoms with Gasteiger partial charge in [-0.1, -0.05) is 76.2 Å². The van der Waals surface area contributed by atoms with E-state index in [1.54, 1.807) is 0 Å². The summed E-state index contributed by atoms with van der Waals surface area (Å²) in [5.41, 5.74) is 10.8. The quantitative estimate of drug-likeness (QED) is 0.0738. The number of hydrogen-bond acceptors (Lipinski definition) is 8. The Bertz CT molecular complexity index is 1450. The Kier molecular flexibility index (Phi) is 15.8. The molecule has 1 aliphatic carbocycles. The van der Waals surface area contributed by atoms with Gasteiger partial charge in [-0.2, -0.15) is 47.0 Å². The van der Waals surface area contributed by atoms with Gasteiger partial charge >= 0.3 is 0 Å². The predicted octanol–water partition coefficient (Wildman–Crippen LogP) is 11.8. The maximum atomic E-state index is 11.9. The minimum atomic E-state index is 0.229. The molecule has 0 heterocycles. The molecule has 8 heteroatoms. The largest absolute Gasteiger partial charge is 0.507 e. The Morgan fingerprint density at radius 3 is 0.673 bits per heavy atom. The summed E-state index contributed by atoms with van der Waals surface area (Å²) >= 11 is 7.55. The number of phenols is 4. The highest BCUT2D eigenvalue weighted by Crippen LogP contribution is 2.40. The van der Waals surface area contributed by atoms with Crippen LogP contribution >= 0.6 is 47.0 Å². The molecule has 0 unspecified atom stereocenters. The van der Waals surface area contributed by atoms with E-state index < -0.39 is 0 Å². The maximum Gasteiger partial charge on any atom is 0.122 e. The zero-order chi connectivity index (χ0) is 37.0. The fourth-order valence-corrected chi connectivity index (χ4v) is 10.2. The van der Waals surface area contributed by atoms with Crippen LogP contribution in [0.15, 0.2) is 48.5 Å². The van der Waals surface area contributed by atoms with Crippen molar-refractivity contribution in [3.8, 4) is 23.0 Å². The molecule has 4 nitrogen and oxygen atoms in total. The van der Waals surface area contributed by atoms with Crippen molar-refractivity contribution >= 4 is 47.0 Å². The third-order valence-corrected chi connectivity index (χ3v) is 14.2. The smallest absolute Gasteiger partial charge is 0.122 e. The first-order chi connectivity index (χ1) is 25.2. The van der Waals surface area contributed by atoms with Crippen LogP contribution in [0, 0.1) is 0 Å². The maximum absolute atomic E-state index is 11.9. The lowest BCUT2D eigenvalue weighted by Gasteiger charge is -2.20. The number of aromatic hydroxyl groups is 4. The van der Waals surface area contributed by atoms with E-state index in [-0.39, 0.29) is 23.0 Å². The Morgan fingerprint density at radius 2 is 0.519 bits per heavy atom. The second-order valence-corrected chi connectivity index (χ2v) is 18.4. The molecule has 0 amide bonds. The molecule has 0 radical (unpaired) electrons. The van der Waals surface area contributed by atoms with Gasteiger partial charge in [-0.05, 0) is 115 Å². The van der Waals surface area contributed by atoms with E-state index in [2.05, 4.69) is 76.2 Å². The summed E-state index contributed by atoms with van der Waals surface area (Å²) in [4.78, 5) is 0. The van der Waals surface area contributed by atoms with E-state index in [1.807, 2.05) is 47.0 Å². The molecule has 4 aromatic carbocycles. The summed E-state index contributed by atoms with van der Waals surface area (Å²) in [7, 11) is 0. The van der Waals surface area contributed by atoms with E-state index in [1.165, 1.54) is 0 Å². The molecular formula is C44H56O4S4. The minimum absolute atomic E-state index is 0.229. The summed E-state index contributed by atoms with van der Waals surface area (Å²) in [5.74, 6) is 8.46. The Morgan fingerprint density at radius 1 is 0.346 bits per heavy atom. The summed E-state index contributed by atoms with van der Waals surface area (Å²) in [6.45, 7) is 8.76. The number of rotatable bonds is 16. The van der Waals surface area contributed by atoms with Gasteiger partial charge in [-0.3, -0.25) is 0 Å². The van der Waals surface area contributed by atoms with Crippen molar-refractivity contribution < 1.29 is 20.4 Å². The number of fused-ring (bicyclic) bond motifs is 8. The zero-order valence-corrected chi connectivity index (χ0v) is 34.6. The highest BCUT2D eigenvalue weighted by molar-refractivity contribution is 7.99. The van der Waals surface area contributed by atoms with Gasteiger partial charge in [0.1, 0.15) is 23.0 Å². The van der Waals surface area contributed by atoms with Crippen LogP contribution in [0.1, 0.15) is 120 Å². The molecule has 1 aliphatic rings. The van der Waals surface area contributed by atoms with Gasteiger partial charge in [-0.25, -0.2) is 0 Å². The lowest BCUT2D eigenvalue weighted by atomic mass is 9.89. The summed E-state index contributed by atoms with van der Waals surface area (Å²) < 4.78 is 0. The summed E-state index contributed by atoms with van der Waals surface area (Å²) in [5, 5.41) is 47.7. The van der Waals surface area contributed by atoms with Gasteiger partial charge in [0.15, 0.2) is 0 Å². The third kappa shape index (κ3) is 10.8. The molecular weight excluding hydrogens is 721 g/mol. The molecule has 8 bridgehead atoms. The van der Waals surface area contributed by atoms with Crippen LogP contribution in [0.2, 0.25) is 0 Å². The number of benzene rings is 4. The molecule has 0 aliphatic heterocycles. The van der Waals surface area contributed by atoms with Crippen LogP contribution in [0.5, 0.6) is 23.0 Å². The fourth-order valence-electron chi connectivity index (χ4n) is 6.90. The monoisotopic (exact) mass is 776 g/mol. The van der Waals surface area contributed by atoms with Gasteiger partial charge in [0.2, 0.25) is 0 Å². The van der Waals surface area contributed by atoms with Gasteiger partial charge in [0.25, 0.3) is 0 Å². The molecule has 0 saturated carbocycles. The third-order valence-electron chi connectivity index (χ3n) is 9.30. The summed E-state index contributed by atoms with van der Waals surface area (Å²) in [6, 6.07) is 16.8. The van der Waals surface area contributed by atoms with Crippen LogP contribution in [0.4, 0.5) is 0 Å².